The van der Waals surface area contributed by atoms with E-state index in [1.54, 1.807) is 19.8 Å². The number of fused-ring (bicyclic) bond motifs is 3. The first-order chi connectivity index (χ1) is 30.8. The lowest BCUT2D eigenvalue weighted by Crippen LogP contribution is -2.69. The van der Waals surface area contributed by atoms with E-state index >= 15 is 0 Å². The van der Waals surface area contributed by atoms with E-state index in [4.69, 9.17) is 14.2 Å². The van der Waals surface area contributed by atoms with Crippen molar-refractivity contribution >= 4 is 40.1 Å². The van der Waals surface area contributed by atoms with Crippen molar-refractivity contribution in [3.8, 4) is 22.6 Å². The van der Waals surface area contributed by atoms with Crippen LogP contribution >= 0.6 is 11.8 Å². The zero-order chi connectivity index (χ0) is 42.9. The Bertz CT molecular complexity index is 2760. The summed E-state index contributed by atoms with van der Waals surface area (Å²) in [5.41, 5.74) is 9.35. The average molecular weight is 855 g/mol. The Kier molecular flexibility index (Phi) is 9.97. The third-order valence-corrected chi connectivity index (χ3v) is 16.5. The van der Waals surface area contributed by atoms with E-state index in [1.807, 2.05) is 54.6 Å². The van der Waals surface area contributed by atoms with Gasteiger partial charge in [0.1, 0.15) is 0 Å². The van der Waals surface area contributed by atoms with Crippen LogP contribution in [0.15, 0.2) is 151 Å². The summed E-state index contributed by atoms with van der Waals surface area (Å²) in [6.45, 7) is 2.80. The van der Waals surface area contributed by atoms with E-state index in [-0.39, 0.29) is 29.2 Å². The van der Waals surface area contributed by atoms with Crippen LogP contribution in [0.25, 0.3) is 21.9 Å². The Hall–Kier alpha value is -5.87. The van der Waals surface area contributed by atoms with Crippen LogP contribution in [-0.2, 0) is 24.5 Å². The number of ether oxygens (including phenoxy) is 3. The van der Waals surface area contributed by atoms with Gasteiger partial charge in [0.2, 0.25) is 5.91 Å². The molecule has 9 heteroatoms. The standard InChI is InChI=1S/C31H24O2S.C23H26N2O4/c32-30(33)22-34-31(26-14-5-2-6-15-26,29-17-9-13-25-12-7-8-16-28(25)29)27-20-18-24(19-21-27)23-10-3-1-4-11-23;1-27-16-8-14-15(9-17(16)28-2)25-20(26)10-18-21-13-7-19-23(14,22(21)25)4-5-24(19)11-12(13)3-6-29-18/h1-21H,22H2,(H,32,33);3,8-9,13,18-19,21-22H,4-7,10-11H2,1-2H3/t;13-,18?,19-,21-,22?,23+/m.0/s1. The number of amides is 1. The molecule has 0 aromatic heterocycles. The molecular weight excluding hydrogens is 805 g/mol. The van der Waals surface area contributed by atoms with Crippen molar-refractivity contribution in [3.05, 3.63) is 173 Å². The summed E-state index contributed by atoms with van der Waals surface area (Å²) in [6, 6.07) is 48.6. The highest BCUT2D eigenvalue weighted by molar-refractivity contribution is 8.01. The highest BCUT2D eigenvalue weighted by Gasteiger charge is 2.71. The second kappa shape index (κ2) is 15.7. The number of anilines is 1. The van der Waals surface area contributed by atoms with Crippen LogP contribution in [0.4, 0.5) is 5.69 Å². The zero-order valence-electron chi connectivity index (χ0n) is 35.5. The SMILES string of the molecule is COc1cc2c(cc1OC)[C@@]13CCN4CC5=CCOC6CC(=O)N2C1[C@H]6[C@H]5C[C@H]43.O=C(O)CSC(c1ccccc1)(c1ccc(-c2ccccc2)cc1)c1cccc2ccccc12. The molecule has 3 unspecified atom stereocenters. The van der Waals surface area contributed by atoms with Gasteiger partial charge in [-0.3, -0.25) is 14.5 Å². The quantitative estimate of drug-likeness (QED) is 0.114. The van der Waals surface area contributed by atoms with Gasteiger partial charge >= 0.3 is 5.97 Å². The molecule has 3 saturated heterocycles. The van der Waals surface area contributed by atoms with Crippen molar-refractivity contribution in [2.24, 2.45) is 11.8 Å². The van der Waals surface area contributed by atoms with Crippen LogP contribution in [0.1, 0.15) is 41.5 Å². The third-order valence-electron chi connectivity index (χ3n) is 15.0. The van der Waals surface area contributed by atoms with Crippen molar-refractivity contribution in [2.45, 2.75) is 47.6 Å². The number of piperidine rings is 2. The highest BCUT2D eigenvalue weighted by atomic mass is 32.2. The number of hydrogen-bond donors (Lipinski definition) is 1. The summed E-state index contributed by atoms with van der Waals surface area (Å²) in [4.78, 5) is 30.1. The molecule has 6 aromatic carbocycles. The first-order valence-electron chi connectivity index (χ1n) is 22.0. The van der Waals surface area contributed by atoms with E-state index in [0.29, 0.717) is 36.7 Å². The lowest BCUT2D eigenvalue weighted by atomic mass is 9.53. The summed E-state index contributed by atoms with van der Waals surface area (Å²) in [7, 11) is 3.36. The van der Waals surface area contributed by atoms with Crippen molar-refractivity contribution in [1.29, 1.82) is 0 Å². The minimum atomic E-state index is -0.827. The van der Waals surface area contributed by atoms with Gasteiger partial charge in [-0.2, -0.15) is 0 Å². The first-order valence-corrected chi connectivity index (χ1v) is 23.0. The van der Waals surface area contributed by atoms with E-state index in [1.165, 1.54) is 23.7 Å². The number of carboxylic acid groups (broad SMARTS) is 1. The molecule has 318 valence electrons. The predicted molar refractivity (Wildman–Crippen MR) is 249 cm³/mol. The van der Waals surface area contributed by atoms with E-state index < -0.39 is 10.7 Å². The molecule has 12 rings (SSSR count). The number of carbonyl (C=O) groups excluding carboxylic acids is 1. The van der Waals surface area contributed by atoms with Gasteiger partial charge in [-0.15, -0.1) is 11.8 Å². The van der Waals surface area contributed by atoms with Gasteiger partial charge in [-0.25, -0.2) is 0 Å². The molecule has 0 radical (unpaired) electrons. The van der Waals surface area contributed by atoms with Gasteiger partial charge in [0.25, 0.3) is 0 Å². The lowest BCUT2D eigenvalue weighted by molar-refractivity contribution is -0.134. The van der Waals surface area contributed by atoms with Crippen molar-refractivity contribution in [1.82, 2.24) is 4.90 Å². The lowest BCUT2D eigenvalue weighted by Gasteiger charge is -2.58. The largest absolute Gasteiger partial charge is 0.493 e. The van der Waals surface area contributed by atoms with Crippen molar-refractivity contribution < 1.29 is 28.9 Å². The molecule has 5 aliphatic heterocycles. The van der Waals surface area contributed by atoms with E-state index in [0.717, 1.165) is 69.5 Å². The number of benzene rings is 6. The smallest absolute Gasteiger partial charge is 0.313 e. The maximum Gasteiger partial charge on any atom is 0.313 e. The summed E-state index contributed by atoms with van der Waals surface area (Å²) in [5.74, 6) is 1.73. The average Bonchev–Trinajstić information content (AvgIpc) is 3.80. The predicted octanol–water partition coefficient (Wildman–Crippen LogP) is 9.73. The second-order valence-electron chi connectivity index (χ2n) is 17.7. The molecule has 1 spiro atoms. The molecule has 5 heterocycles. The van der Waals surface area contributed by atoms with E-state index in [2.05, 4.69) is 101 Å². The van der Waals surface area contributed by atoms with E-state index in [9.17, 15) is 14.7 Å². The molecule has 4 fully saturated rings. The van der Waals surface area contributed by atoms with Crippen LogP contribution in [-0.4, -0.2) is 79.7 Å². The van der Waals surface area contributed by atoms with Crippen LogP contribution in [0.5, 0.6) is 11.5 Å². The van der Waals surface area contributed by atoms with Crippen LogP contribution < -0.4 is 14.4 Å². The van der Waals surface area contributed by atoms with Crippen LogP contribution in [0.3, 0.4) is 0 Å². The molecule has 1 N–H and O–H groups in total. The number of nitrogens with zero attached hydrogens (tertiary/aromatic N) is 2. The van der Waals surface area contributed by atoms with Gasteiger partial charge < -0.3 is 24.2 Å². The molecule has 7 atom stereocenters. The Balaban J connectivity index is 0.000000142. The minimum Gasteiger partial charge on any atom is -0.493 e. The Morgan fingerprint density at radius 3 is 2.29 bits per heavy atom. The van der Waals surface area contributed by atoms with Gasteiger partial charge in [-0.1, -0.05) is 139 Å². The van der Waals surface area contributed by atoms with Crippen molar-refractivity contribution in [3.63, 3.8) is 0 Å². The Morgan fingerprint density at radius 2 is 1.52 bits per heavy atom. The summed E-state index contributed by atoms with van der Waals surface area (Å²) >= 11 is 1.45. The van der Waals surface area contributed by atoms with Crippen LogP contribution in [0.2, 0.25) is 0 Å². The molecule has 8 nitrogen and oxygen atoms in total. The molecule has 1 saturated carbocycles. The molecule has 6 aromatic rings. The minimum absolute atomic E-state index is 0.0153. The fourth-order valence-electron chi connectivity index (χ4n) is 12.5. The van der Waals surface area contributed by atoms with Gasteiger partial charge in [-0.05, 0) is 75.5 Å². The highest BCUT2D eigenvalue weighted by Crippen LogP contribution is 2.66. The van der Waals surface area contributed by atoms with Gasteiger partial charge in [0, 0.05) is 30.0 Å². The summed E-state index contributed by atoms with van der Waals surface area (Å²) < 4.78 is 16.9. The number of aliphatic carboxylic acids is 1. The number of carboxylic acids is 1. The fraction of sp³-hybridized carbons (Fsp3) is 0.296. The molecule has 2 bridgehead atoms. The number of methoxy groups -OCH3 is 2. The number of thioether (sulfide) groups is 1. The zero-order valence-corrected chi connectivity index (χ0v) is 36.3. The Labute approximate surface area is 372 Å². The van der Waals surface area contributed by atoms with Crippen LogP contribution in [0, 0.1) is 11.8 Å². The second-order valence-corrected chi connectivity index (χ2v) is 18.9. The third kappa shape index (κ3) is 6.18. The molecular formula is C54H50N2O6S. The molecule has 1 aliphatic carbocycles. The number of rotatable bonds is 9. The monoisotopic (exact) mass is 854 g/mol. The number of carbonyl (C=O) groups is 2. The number of hydrogen-bond acceptors (Lipinski definition) is 7. The maximum atomic E-state index is 13.5. The van der Waals surface area contributed by atoms with Gasteiger partial charge in [0.05, 0.1) is 55.6 Å². The normalized spacial score (nSPS) is 25.8. The Morgan fingerprint density at radius 1 is 0.841 bits per heavy atom. The molecule has 6 aliphatic rings. The summed E-state index contributed by atoms with van der Waals surface area (Å²) in [5, 5.41) is 12.0. The topological polar surface area (TPSA) is 88.5 Å². The first kappa shape index (κ1) is 39.9. The molecule has 1 amide bonds. The fourth-order valence-corrected chi connectivity index (χ4v) is 13.8. The maximum absolute atomic E-state index is 13.5. The van der Waals surface area contributed by atoms with Gasteiger partial charge in [0.15, 0.2) is 11.5 Å². The molecule has 63 heavy (non-hydrogen) atoms. The van der Waals surface area contributed by atoms with Crippen molar-refractivity contribution in [2.75, 3.05) is 44.6 Å². The summed E-state index contributed by atoms with van der Waals surface area (Å²) in [6.07, 6.45) is 5.11.